The lowest BCUT2D eigenvalue weighted by Gasteiger charge is -2.10. The molecule has 0 aliphatic carbocycles. The average Bonchev–Trinajstić information content (AvgIpc) is 2.96. The second kappa shape index (κ2) is 6.15. The Kier molecular flexibility index (Phi) is 4.06. The molecule has 0 aliphatic rings. The number of benzene rings is 2. The third-order valence-electron chi connectivity index (χ3n) is 3.26. The van der Waals surface area contributed by atoms with Crippen LogP contribution < -0.4 is 4.89 Å². The van der Waals surface area contributed by atoms with Gasteiger partial charge in [0.25, 0.3) is 0 Å². The van der Waals surface area contributed by atoms with E-state index in [0.717, 1.165) is 32.8 Å². The zero-order valence-corrected chi connectivity index (χ0v) is 13.1. The Balaban J connectivity index is 2.05. The second-order valence-corrected chi connectivity index (χ2v) is 5.81. The van der Waals surface area contributed by atoms with E-state index in [2.05, 4.69) is 15.9 Å². The minimum absolute atomic E-state index is 0.479. The van der Waals surface area contributed by atoms with Gasteiger partial charge in [-0.05, 0) is 24.6 Å². The molecule has 0 amide bonds. The van der Waals surface area contributed by atoms with Gasteiger partial charge in [-0.15, -0.1) is 11.3 Å². The molecule has 4 nitrogen and oxygen atoms in total. The number of aromatic nitrogens is 1. The van der Waals surface area contributed by atoms with Crippen molar-refractivity contribution in [2.45, 2.75) is 20.3 Å². The molecule has 0 radical (unpaired) electrons. The normalized spacial score (nSPS) is 10.6. The monoisotopic (exact) mass is 313 g/mol. The van der Waals surface area contributed by atoms with Gasteiger partial charge in [-0.2, -0.15) is 0 Å². The van der Waals surface area contributed by atoms with E-state index in [1.807, 2.05) is 37.3 Å². The summed E-state index contributed by atoms with van der Waals surface area (Å²) in [6, 6.07) is 13.7. The van der Waals surface area contributed by atoms with E-state index >= 15 is 0 Å². The van der Waals surface area contributed by atoms with Crippen molar-refractivity contribution < 1.29 is 14.6 Å². The number of carbonyl (C=O) groups excluding carboxylic acids is 1. The zero-order valence-electron chi connectivity index (χ0n) is 12.3. The van der Waals surface area contributed by atoms with Gasteiger partial charge in [0.1, 0.15) is 5.01 Å². The highest BCUT2D eigenvalue weighted by molar-refractivity contribution is 7.21. The lowest BCUT2D eigenvalue weighted by Crippen LogP contribution is -2.05. The summed E-state index contributed by atoms with van der Waals surface area (Å²) in [5.41, 5.74) is 2.96. The first-order valence-corrected chi connectivity index (χ1v) is 7.83. The van der Waals surface area contributed by atoms with Crippen LogP contribution in [-0.2, 0) is 16.1 Å². The topological polar surface area (TPSA) is 48.4 Å². The van der Waals surface area contributed by atoms with Crippen LogP contribution in [0.5, 0.6) is 5.75 Å². The fraction of sp³-hybridized carbons (Fsp3) is 0.176. The van der Waals surface area contributed by atoms with E-state index < -0.39 is 5.97 Å². The number of hydrogen-bond acceptors (Lipinski definition) is 5. The quantitative estimate of drug-likeness (QED) is 0.529. The molecule has 0 saturated carbocycles. The zero-order chi connectivity index (χ0) is 15.5. The molecule has 0 bridgehead atoms. The Morgan fingerprint density at radius 1 is 1.18 bits per heavy atom. The minimum atomic E-state index is -0.479. The maximum Gasteiger partial charge on any atom is 0.352 e. The Morgan fingerprint density at radius 2 is 2.00 bits per heavy atom. The predicted octanol–water partition coefficient (Wildman–Crippen LogP) is 4.38. The van der Waals surface area contributed by atoms with Crippen LogP contribution in [0.25, 0.3) is 20.8 Å². The molecule has 22 heavy (non-hydrogen) atoms. The molecule has 0 aliphatic heterocycles. The summed E-state index contributed by atoms with van der Waals surface area (Å²) in [7, 11) is 0. The van der Waals surface area contributed by atoms with E-state index in [1.165, 1.54) is 6.92 Å². The van der Waals surface area contributed by atoms with Gasteiger partial charge in [0.2, 0.25) is 0 Å². The third-order valence-corrected chi connectivity index (χ3v) is 4.33. The van der Waals surface area contributed by atoms with Gasteiger partial charge < -0.3 is 0 Å². The lowest BCUT2D eigenvalue weighted by molar-refractivity contribution is -0.211. The molecule has 0 saturated heterocycles. The maximum atomic E-state index is 10.9. The fourth-order valence-corrected chi connectivity index (χ4v) is 3.32. The smallest absolute Gasteiger partial charge is 0.287 e. The van der Waals surface area contributed by atoms with E-state index in [-0.39, 0.29) is 0 Å². The van der Waals surface area contributed by atoms with Gasteiger partial charge >= 0.3 is 5.97 Å². The maximum absolute atomic E-state index is 10.9. The summed E-state index contributed by atoms with van der Waals surface area (Å²) in [5.74, 6) is 0.0712. The Bertz CT molecular complexity index is 793. The summed E-state index contributed by atoms with van der Waals surface area (Å²) in [6.07, 6.45) is 0.753. The van der Waals surface area contributed by atoms with Crippen LogP contribution in [0.1, 0.15) is 19.4 Å². The molecule has 0 unspecified atom stereocenters. The number of hydrogen-bond donors (Lipinski definition) is 0. The predicted molar refractivity (Wildman–Crippen MR) is 86.8 cm³/mol. The largest absolute Gasteiger partial charge is 0.352 e. The number of thiazole rings is 1. The molecule has 5 heteroatoms. The van der Waals surface area contributed by atoms with Crippen molar-refractivity contribution in [3.8, 4) is 16.3 Å². The summed E-state index contributed by atoms with van der Waals surface area (Å²) < 4.78 is 1.14. The number of para-hydroxylation sites is 1. The average molecular weight is 313 g/mol. The van der Waals surface area contributed by atoms with E-state index in [0.29, 0.717) is 5.75 Å². The van der Waals surface area contributed by atoms with E-state index in [9.17, 15) is 4.79 Å². The molecule has 112 valence electrons. The number of fused-ring (bicyclic) bond motifs is 1. The first-order chi connectivity index (χ1) is 10.7. The van der Waals surface area contributed by atoms with Crippen LogP contribution in [0, 0.1) is 0 Å². The van der Waals surface area contributed by atoms with E-state index in [1.54, 1.807) is 17.4 Å². The van der Waals surface area contributed by atoms with E-state index in [4.69, 9.17) is 4.89 Å². The van der Waals surface area contributed by atoms with Crippen molar-refractivity contribution in [3.63, 3.8) is 0 Å². The molecule has 0 spiro atoms. The molecule has 0 N–H and O–H groups in total. The number of carbonyl (C=O) groups is 1. The van der Waals surface area contributed by atoms with Gasteiger partial charge in [0.15, 0.2) is 5.75 Å². The van der Waals surface area contributed by atoms with Crippen molar-refractivity contribution >= 4 is 27.5 Å². The lowest BCUT2D eigenvalue weighted by atomic mass is 10.0. The van der Waals surface area contributed by atoms with Gasteiger partial charge in [0.05, 0.1) is 10.2 Å². The van der Waals surface area contributed by atoms with Crippen LogP contribution in [-0.4, -0.2) is 11.0 Å². The number of nitrogens with zero attached hydrogens (tertiary/aromatic N) is 1. The summed E-state index contributed by atoms with van der Waals surface area (Å²) >= 11 is 1.64. The van der Waals surface area contributed by atoms with Gasteiger partial charge in [0, 0.05) is 18.1 Å². The molecular weight excluding hydrogens is 298 g/mol. The van der Waals surface area contributed by atoms with Crippen LogP contribution in [0.15, 0.2) is 42.5 Å². The SMILES string of the molecule is CCc1c(OOC(C)=O)cccc1-c1nc2ccccc2s1. The van der Waals surface area contributed by atoms with Crippen LogP contribution in [0.3, 0.4) is 0 Å². The Hall–Kier alpha value is -2.40. The minimum Gasteiger partial charge on any atom is -0.287 e. The molecule has 0 fully saturated rings. The molecular formula is C17H15NO3S. The first-order valence-electron chi connectivity index (χ1n) is 7.02. The van der Waals surface area contributed by atoms with Crippen molar-refractivity contribution in [2.24, 2.45) is 0 Å². The second-order valence-electron chi connectivity index (χ2n) is 4.78. The molecule has 2 aromatic carbocycles. The molecule has 1 heterocycles. The van der Waals surface area contributed by atoms with Crippen LogP contribution >= 0.6 is 11.3 Å². The molecule has 3 aromatic rings. The number of rotatable bonds is 4. The van der Waals surface area contributed by atoms with Crippen molar-refractivity contribution in [1.29, 1.82) is 0 Å². The third kappa shape index (κ3) is 2.80. The highest BCUT2D eigenvalue weighted by Crippen LogP contribution is 2.36. The first kappa shape index (κ1) is 14.5. The highest BCUT2D eigenvalue weighted by atomic mass is 32.1. The van der Waals surface area contributed by atoms with Crippen LogP contribution in [0.4, 0.5) is 0 Å². The molecule has 3 rings (SSSR count). The van der Waals surface area contributed by atoms with Gasteiger partial charge in [-0.1, -0.05) is 31.2 Å². The molecule has 0 atom stereocenters. The molecule has 1 aromatic heterocycles. The summed E-state index contributed by atoms with van der Waals surface area (Å²) in [6.45, 7) is 3.34. The highest BCUT2D eigenvalue weighted by Gasteiger charge is 2.14. The standard InChI is InChI=1S/C17H15NO3S/c1-3-12-13(7-6-9-15(12)21-20-11(2)19)17-18-14-8-4-5-10-16(14)22-17/h4-10H,3H2,1-2H3. The van der Waals surface area contributed by atoms with Crippen molar-refractivity contribution in [3.05, 3.63) is 48.0 Å². The van der Waals surface area contributed by atoms with Crippen molar-refractivity contribution in [1.82, 2.24) is 4.98 Å². The van der Waals surface area contributed by atoms with Gasteiger partial charge in [-0.25, -0.2) is 9.78 Å². The van der Waals surface area contributed by atoms with Crippen LogP contribution in [0.2, 0.25) is 0 Å². The summed E-state index contributed by atoms with van der Waals surface area (Å²) in [5, 5.41) is 0.936. The van der Waals surface area contributed by atoms with Crippen molar-refractivity contribution in [2.75, 3.05) is 0 Å². The van der Waals surface area contributed by atoms with Gasteiger partial charge in [-0.3, -0.25) is 9.78 Å². The Morgan fingerprint density at radius 3 is 2.73 bits per heavy atom. The Labute approximate surface area is 132 Å². The fourth-order valence-electron chi connectivity index (χ4n) is 2.30. The summed E-state index contributed by atoms with van der Waals surface area (Å²) in [4.78, 5) is 25.4.